The third-order valence-electron chi connectivity index (χ3n) is 4.68. The van der Waals surface area contributed by atoms with Gasteiger partial charge in [0.2, 0.25) is 0 Å². The van der Waals surface area contributed by atoms with Crippen molar-refractivity contribution in [3.05, 3.63) is 28.2 Å². The highest BCUT2D eigenvalue weighted by Gasteiger charge is 2.37. The molecule has 2 aliphatic heterocycles. The van der Waals surface area contributed by atoms with Gasteiger partial charge < -0.3 is 15.3 Å². The largest absolute Gasteiger partial charge is 0.507 e. The van der Waals surface area contributed by atoms with Crippen LogP contribution >= 0.6 is 15.9 Å². The Hall–Kier alpha value is -1.07. The topological polar surface area (TPSA) is 52.6 Å². The van der Waals surface area contributed by atoms with Crippen molar-refractivity contribution < 1.29 is 9.90 Å². The van der Waals surface area contributed by atoms with Crippen LogP contribution in [0, 0.1) is 0 Å². The average Bonchev–Trinajstić information content (AvgIpc) is 2.81. The highest BCUT2D eigenvalue weighted by molar-refractivity contribution is 9.10. The second-order valence-corrected chi connectivity index (χ2v) is 6.87. The van der Waals surface area contributed by atoms with E-state index in [1.807, 2.05) is 11.8 Å². The van der Waals surface area contributed by atoms with Gasteiger partial charge in [-0.2, -0.15) is 0 Å². The number of halogens is 1. The van der Waals surface area contributed by atoms with Gasteiger partial charge in [-0.15, -0.1) is 0 Å². The van der Waals surface area contributed by atoms with Gasteiger partial charge in [-0.05, 0) is 66.7 Å². The first-order valence-electron chi connectivity index (χ1n) is 7.64. The molecule has 2 aliphatic rings. The fourth-order valence-electron chi connectivity index (χ4n) is 3.66. The summed E-state index contributed by atoms with van der Waals surface area (Å²) in [4.78, 5) is 14.7. The number of piperidine rings is 1. The summed E-state index contributed by atoms with van der Waals surface area (Å²) in [7, 11) is 0. The molecule has 5 heteroatoms. The van der Waals surface area contributed by atoms with Crippen LogP contribution in [-0.4, -0.2) is 40.6 Å². The summed E-state index contributed by atoms with van der Waals surface area (Å²) in [6.45, 7) is 2.74. The third kappa shape index (κ3) is 2.94. The van der Waals surface area contributed by atoms with E-state index >= 15 is 0 Å². The lowest BCUT2D eigenvalue weighted by Crippen LogP contribution is -2.50. The molecule has 0 aliphatic carbocycles. The molecule has 0 spiro atoms. The van der Waals surface area contributed by atoms with Crippen molar-refractivity contribution in [2.45, 2.75) is 50.7 Å². The Kier molecular flexibility index (Phi) is 4.22. The zero-order valence-electron chi connectivity index (χ0n) is 12.2. The molecule has 2 N–H and O–H groups in total. The minimum atomic E-state index is 0.0200. The Morgan fingerprint density at radius 1 is 1.38 bits per heavy atom. The van der Waals surface area contributed by atoms with Gasteiger partial charge in [-0.1, -0.05) is 0 Å². The van der Waals surface area contributed by atoms with Crippen LogP contribution in [-0.2, 0) is 0 Å². The fourth-order valence-corrected chi connectivity index (χ4v) is 3.91. The van der Waals surface area contributed by atoms with Crippen molar-refractivity contribution in [1.82, 2.24) is 10.2 Å². The highest BCUT2D eigenvalue weighted by Crippen LogP contribution is 2.31. The van der Waals surface area contributed by atoms with Crippen LogP contribution in [0.2, 0.25) is 0 Å². The maximum Gasteiger partial charge on any atom is 0.254 e. The molecular formula is C16H21BrN2O2. The zero-order chi connectivity index (χ0) is 15.0. The Balaban J connectivity index is 1.79. The van der Waals surface area contributed by atoms with Gasteiger partial charge in [-0.25, -0.2) is 0 Å². The molecule has 0 aromatic heterocycles. The second kappa shape index (κ2) is 5.97. The molecule has 2 heterocycles. The minimum absolute atomic E-state index is 0.0200. The standard InChI is InChI=1S/C16H21BrN2O2/c1-2-19(13-8-11-4-5-12(9-13)18-11)16(21)10-3-6-14(17)15(20)7-10/h3,6-7,11-13,18,20H,2,4-5,8-9H2,1H3. The van der Waals surface area contributed by atoms with Crippen LogP contribution in [0.5, 0.6) is 5.75 Å². The molecule has 2 atom stereocenters. The SMILES string of the molecule is CCN(C(=O)c1ccc(Br)c(O)c1)C1CC2CCC(C1)N2. The Labute approximate surface area is 133 Å². The second-order valence-electron chi connectivity index (χ2n) is 6.02. The number of hydrogen-bond donors (Lipinski definition) is 2. The van der Waals surface area contributed by atoms with Gasteiger partial charge in [0.15, 0.2) is 0 Å². The number of carbonyl (C=O) groups is 1. The van der Waals surface area contributed by atoms with Crippen LogP contribution in [0.25, 0.3) is 0 Å². The van der Waals surface area contributed by atoms with Gasteiger partial charge >= 0.3 is 0 Å². The van der Waals surface area contributed by atoms with Crippen molar-refractivity contribution in [3.8, 4) is 5.75 Å². The Bertz CT molecular complexity index is 537. The van der Waals surface area contributed by atoms with Crippen LogP contribution in [0.1, 0.15) is 43.0 Å². The lowest BCUT2D eigenvalue weighted by molar-refractivity contribution is 0.0630. The molecule has 0 radical (unpaired) electrons. The van der Waals surface area contributed by atoms with Gasteiger partial charge in [0, 0.05) is 30.2 Å². The van der Waals surface area contributed by atoms with Gasteiger partial charge in [0.1, 0.15) is 5.75 Å². The minimum Gasteiger partial charge on any atom is -0.507 e. The summed E-state index contributed by atoms with van der Waals surface area (Å²) < 4.78 is 0.613. The molecule has 21 heavy (non-hydrogen) atoms. The normalized spacial score (nSPS) is 27.6. The van der Waals surface area contributed by atoms with E-state index in [0.29, 0.717) is 34.7 Å². The van der Waals surface area contributed by atoms with Crippen LogP contribution in [0.3, 0.4) is 0 Å². The number of phenolic OH excluding ortho intramolecular Hbond substituents is 1. The van der Waals surface area contributed by atoms with Gasteiger partial charge in [-0.3, -0.25) is 4.79 Å². The lowest BCUT2D eigenvalue weighted by Gasteiger charge is -2.37. The van der Waals surface area contributed by atoms with Crippen molar-refractivity contribution in [2.75, 3.05) is 6.54 Å². The number of nitrogens with one attached hydrogen (secondary N) is 1. The summed E-state index contributed by atoms with van der Waals surface area (Å²) in [6.07, 6.45) is 4.54. The van der Waals surface area contributed by atoms with Crippen LogP contribution in [0.4, 0.5) is 0 Å². The average molecular weight is 353 g/mol. The fraction of sp³-hybridized carbons (Fsp3) is 0.562. The molecule has 1 amide bonds. The molecule has 4 nitrogen and oxygen atoms in total. The summed E-state index contributed by atoms with van der Waals surface area (Å²) in [5.74, 6) is 0.133. The summed E-state index contributed by atoms with van der Waals surface area (Å²) >= 11 is 3.25. The van der Waals surface area contributed by atoms with E-state index in [-0.39, 0.29) is 11.7 Å². The van der Waals surface area contributed by atoms with E-state index in [1.54, 1.807) is 18.2 Å². The number of hydrogen-bond acceptors (Lipinski definition) is 3. The van der Waals surface area contributed by atoms with E-state index in [1.165, 1.54) is 12.8 Å². The van der Waals surface area contributed by atoms with E-state index < -0.39 is 0 Å². The number of rotatable bonds is 3. The molecule has 1 aromatic carbocycles. The number of amides is 1. The predicted octanol–water partition coefficient (Wildman–Crippen LogP) is 2.90. The van der Waals surface area contributed by atoms with E-state index in [2.05, 4.69) is 21.2 Å². The number of phenols is 1. The molecule has 1 aromatic rings. The molecule has 114 valence electrons. The number of nitrogens with zero attached hydrogens (tertiary/aromatic N) is 1. The lowest BCUT2D eigenvalue weighted by atomic mass is 9.97. The monoisotopic (exact) mass is 352 g/mol. The molecular weight excluding hydrogens is 332 g/mol. The van der Waals surface area contributed by atoms with E-state index in [4.69, 9.17) is 0 Å². The quantitative estimate of drug-likeness (QED) is 0.879. The third-order valence-corrected chi connectivity index (χ3v) is 5.35. The number of benzene rings is 1. The van der Waals surface area contributed by atoms with Crippen molar-refractivity contribution in [3.63, 3.8) is 0 Å². The summed E-state index contributed by atoms with van der Waals surface area (Å²) in [5.41, 5.74) is 0.559. The molecule has 2 unspecified atom stereocenters. The van der Waals surface area contributed by atoms with Crippen LogP contribution in [0.15, 0.2) is 22.7 Å². The van der Waals surface area contributed by atoms with E-state index in [0.717, 1.165) is 12.8 Å². The maximum absolute atomic E-state index is 12.8. The predicted molar refractivity (Wildman–Crippen MR) is 85.5 cm³/mol. The number of fused-ring (bicyclic) bond motifs is 2. The molecule has 0 saturated carbocycles. The highest BCUT2D eigenvalue weighted by atomic mass is 79.9. The first kappa shape index (κ1) is 14.9. The molecule has 2 bridgehead atoms. The zero-order valence-corrected chi connectivity index (χ0v) is 13.8. The molecule has 2 saturated heterocycles. The van der Waals surface area contributed by atoms with Crippen LogP contribution < -0.4 is 5.32 Å². The Morgan fingerprint density at radius 3 is 2.62 bits per heavy atom. The van der Waals surface area contributed by atoms with Gasteiger partial charge in [0.05, 0.1) is 4.47 Å². The Morgan fingerprint density at radius 2 is 2.05 bits per heavy atom. The maximum atomic E-state index is 12.8. The summed E-state index contributed by atoms with van der Waals surface area (Å²) in [6, 6.07) is 6.48. The first-order valence-corrected chi connectivity index (χ1v) is 8.43. The first-order chi connectivity index (χ1) is 10.1. The molecule has 2 fully saturated rings. The smallest absolute Gasteiger partial charge is 0.254 e. The summed E-state index contributed by atoms with van der Waals surface area (Å²) in [5, 5.41) is 13.4. The van der Waals surface area contributed by atoms with Crippen molar-refractivity contribution in [2.24, 2.45) is 0 Å². The van der Waals surface area contributed by atoms with E-state index in [9.17, 15) is 9.90 Å². The number of carbonyl (C=O) groups excluding carboxylic acids is 1. The number of aromatic hydroxyl groups is 1. The van der Waals surface area contributed by atoms with Gasteiger partial charge in [0.25, 0.3) is 5.91 Å². The molecule has 3 rings (SSSR count). The van der Waals surface area contributed by atoms with Crippen molar-refractivity contribution in [1.29, 1.82) is 0 Å². The van der Waals surface area contributed by atoms with Crippen molar-refractivity contribution >= 4 is 21.8 Å².